The molecule has 30 heavy (non-hydrogen) atoms. The van der Waals surface area contributed by atoms with Gasteiger partial charge >= 0.3 is 0 Å². The van der Waals surface area contributed by atoms with Crippen LogP contribution in [0.2, 0.25) is 0 Å². The molecule has 2 amide bonds. The highest BCUT2D eigenvalue weighted by Gasteiger charge is 2.20. The zero-order valence-corrected chi connectivity index (χ0v) is 19.1. The lowest BCUT2D eigenvalue weighted by molar-refractivity contribution is -0.115. The smallest absolute Gasteiger partial charge is 0.251 e. The second-order valence-corrected chi connectivity index (χ2v) is 8.81. The van der Waals surface area contributed by atoms with E-state index < -0.39 is 10.0 Å². The molecule has 0 aromatic heterocycles. The Balaban J connectivity index is 1.90. The second kappa shape index (κ2) is 11.1. The number of hydrogen-bond donors (Lipinski definition) is 3. The fraction of sp³-hybridized carbons (Fsp3) is 0.300. The van der Waals surface area contributed by atoms with Gasteiger partial charge in [0.25, 0.3) is 5.91 Å². The SMILES string of the molecule is CCOc1ccc(Br)cc1S(=O)(=O)NCCNC(=O)c1ccc(NC(=O)CC)cc1. The van der Waals surface area contributed by atoms with Gasteiger partial charge in [-0.05, 0) is 49.4 Å². The Morgan fingerprint density at radius 3 is 2.37 bits per heavy atom. The Bertz CT molecular complexity index is 994. The summed E-state index contributed by atoms with van der Waals surface area (Å²) in [7, 11) is -3.81. The fourth-order valence-electron chi connectivity index (χ4n) is 2.46. The third kappa shape index (κ3) is 6.82. The average Bonchev–Trinajstić information content (AvgIpc) is 2.73. The molecular formula is C20H24BrN3O5S. The van der Waals surface area contributed by atoms with Crippen LogP contribution in [0, 0.1) is 0 Å². The Morgan fingerprint density at radius 2 is 1.73 bits per heavy atom. The number of rotatable bonds is 10. The van der Waals surface area contributed by atoms with Crippen LogP contribution in [-0.2, 0) is 14.8 Å². The maximum Gasteiger partial charge on any atom is 0.251 e. The summed E-state index contributed by atoms with van der Waals surface area (Å²) in [5.74, 6) is -0.204. The highest BCUT2D eigenvalue weighted by atomic mass is 79.9. The molecule has 10 heteroatoms. The molecule has 2 rings (SSSR count). The minimum absolute atomic E-state index is 0.0107. The highest BCUT2D eigenvalue weighted by molar-refractivity contribution is 9.10. The van der Waals surface area contributed by atoms with Crippen molar-refractivity contribution >= 4 is 43.5 Å². The third-order valence-corrected chi connectivity index (χ3v) is 5.93. The van der Waals surface area contributed by atoms with Crippen LogP contribution in [-0.4, -0.2) is 39.9 Å². The van der Waals surface area contributed by atoms with Crippen molar-refractivity contribution in [2.24, 2.45) is 0 Å². The summed E-state index contributed by atoms with van der Waals surface area (Å²) >= 11 is 3.26. The molecule has 0 radical (unpaired) electrons. The molecule has 0 saturated heterocycles. The van der Waals surface area contributed by atoms with Gasteiger partial charge in [0.1, 0.15) is 10.6 Å². The van der Waals surface area contributed by atoms with Crippen molar-refractivity contribution < 1.29 is 22.7 Å². The fourth-order valence-corrected chi connectivity index (χ4v) is 4.18. The predicted octanol–water partition coefficient (Wildman–Crippen LogP) is 2.90. The first-order valence-electron chi connectivity index (χ1n) is 9.37. The molecule has 0 aliphatic carbocycles. The van der Waals surface area contributed by atoms with E-state index in [1.165, 1.54) is 6.07 Å². The first kappa shape index (κ1) is 23.8. The van der Waals surface area contributed by atoms with Gasteiger partial charge in [-0.3, -0.25) is 9.59 Å². The Labute approximate surface area is 184 Å². The Morgan fingerprint density at radius 1 is 1.03 bits per heavy atom. The number of sulfonamides is 1. The van der Waals surface area contributed by atoms with Crippen LogP contribution in [0.25, 0.3) is 0 Å². The van der Waals surface area contributed by atoms with E-state index in [0.29, 0.717) is 28.8 Å². The van der Waals surface area contributed by atoms with Gasteiger partial charge in [0, 0.05) is 35.2 Å². The normalized spacial score (nSPS) is 11.0. The first-order valence-corrected chi connectivity index (χ1v) is 11.6. The molecular weight excluding hydrogens is 474 g/mol. The van der Waals surface area contributed by atoms with Gasteiger partial charge in [-0.15, -0.1) is 0 Å². The van der Waals surface area contributed by atoms with Crippen molar-refractivity contribution in [3.63, 3.8) is 0 Å². The van der Waals surface area contributed by atoms with Gasteiger partial charge in [-0.1, -0.05) is 22.9 Å². The molecule has 0 unspecified atom stereocenters. The predicted molar refractivity (Wildman–Crippen MR) is 118 cm³/mol. The summed E-state index contributed by atoms with van der Waals surface area (Å²) in [6.07, 6.45) is 0.365. The number of carbonyl (C=O) groups is 2. The van der Waals surface area contributed by atoms with Gasteiger partial charge in [-0.25, -0.2) is 13.1 Å². The number of amides is 2. The number of hydrogen-bond acceptors (Lipinski definition) is 5. The summed E-state index contributed by atoms with van der Waals surface area (Å²) in [5.41, 5.74) is 1.00. The molecule has 0 fully saturated rings. The zero-order valence-electron chi connectivity index (χ0n) is 16.7. The molecule has 0 aliphatic rings. The summed E-state index contributed by atoms with van der Waals surface area (Å²) in [5, 5.41) is 5.35. The maximum absolute atomic E-state index is 12.6. The van der Waals surface area contributed by atoms with E-state index in [0.717, 1.165) is 0 Å². The highest BCUT2D eigenvalue weighted by Crippen LogP contribution is 2.27. The third-order valence-electron chi connectivity index (χ3n) is 3.95. The molecule has 162 valence electrons. The van der Waals surface area contributed by atoms with Crippen molar-refractivity contribution in [3.05, 3.63) is 52.5 Å². The first-order chi connectivity index (χ1) is 14.3. The molecule has 0 saturated carbocycles. The lowest BCUT2D eigenvalue weighted by Gasteiger charge is -2.13. The maximum atomic E-state index is 12.6. The van der Waals surface area contributed by atoms with Gasteiger partial charge < -0.3 is 15.4 Å². The minimum atomic E-state index is -3.81. The number of anilines is 1. The van der Waals surface area contributed by atoms with E-state index in [-0.39, 0.29) is 35.5 Å². The topological polar surface area (TPSA) is 114 Å². The van der Waals surface area contributed by atoms with Crippen molar-refractivity contribution in [2.75, 3.05) is 25.0 Å². The van der Waals surface area contributed by atoms with Gasteiger partial charge in [0.15, 0.2) is 0 Å². The van der Waals surface area contributed by atoms with Gasteiger partial charge in [0.2, 0.25) is 15.9 Å². The second-order valence-electron chi connectivity index (χ2n) is 6.16. The molecule has 8 nitrogen and oxygen atoms in total. The average molecular weight is 498 g/mol. The van der Waals surface area contributed by atoms with E-state index in [4.69, 9.17) is 4.74 Å². The monoisotopic (exact) mass is 497 g/mol. The van der Waals surface area contributed by atoms with Crippen molar-refractivity contribution in [3.8, 4) is 5.75 Å². The van der Waals surface area contributed by atoms with Gasteiger partial charge in [0.05, 0.1) is 6.61 Å². The standard InChI is InChI=1S/C20H24BrN3O5S/c1-3-19(25)24-16-8-5-14(6-9-16)20(26)22-11-12-23-30(27,28)18-13-15(21)7-10-17(18)29-4-2/h5-10,13,23H,3-4,11-12H2,1-2H3,(H,22,26)(H,24,25). The van der Waals surface area contributed by atoms with E-state index >= 15 is 0 Å². The largest absolute Gasteiger partial charge is 0.492 e. The summed E-state index contributed by atoms with van der Waals surface area (Å²) in [6, 6.07) is 11.2. The van der Waals surface area contributed by atoms with Crippen molar-refractivity contribution in [1.82, 2.24) is 10.0 Å². The number of carbonyl (C=O) groups excluding carboxylic acids is 2. The van der Waals surface area contributed by atoms with Crippen LogP contribution >= 0.6 is 15.9 Å². The van der Waals surface area contributed by atoms with E-state index in [2.05, 4.69) is 31.3 Å². The van der Waals surface area contributed by atoms with E-state index in [1.807, 2.05) is 0 Å². The van der Waals surface area contributed by atoms with Crippen molar-refractivity contribution in [2.45, 2.75) is 25.2 Å². The van der Waals surface area contributed by atoms with Crippen LogP contribution in [0.15, 0.2) is 51.8 Å². The number of ether oxygens (including phenoxy) is 1. The quantitative estimate of drug-likeness (QED) is 0.436. The van der Waals surface area contributed by atoms with Crippen LogP contribution in [0.1, 0.15) is 30.6 Å². The lowest BCUT2D eigenvalue weighted by atomic mass is 10.2. The molecule has 0 bridgehead atoms. The summed E-state index contributed by atoms with van der Waals surface area (Å²) in [4.78, 5) is 23.6. The molecule has 2 aromatic rings. The lowest BCUT2D eigenvalue weighted by Crippen LogP contribution is -2.34. The van der Waals surface area contributed by atoms with Crippen LogP contribution in [0.4, 0.5) is 5.69 Å². The molecule has 0 heterocycles. The van der Waals surface area contributed by atoms with Crippen molar-refractivity contribution in [1.29, 1.82) is 0 Å². The molecule has 0 spiro atoms. The minimum Gasteiger partial charge on any atom is -0.492 e. The number of benzene rings is 2. The van der Waals surface area contributed by atoms with E-state index in [9.17, 15) is 18.0 Å². The number of nitrogens with one attached hydrogen (secondary N) is 3. The Kier molecular flexibility index (Phi) is 8.82. The molecule has 0 atom stereocenters. The Hall–Kier alpha value is -2.43. The van der Waals surface area contributed by atoms with Crippen LogP contribution in [0.5, 0.6) is 5.75 Å². The number of halogens is 1. The van der Waals surface area contributed by atoms with E-state index in [1.54, 1.807) is 50.2 Å². The van der Waals surface area contributed by atoms with Crippen LogP contribution < -0.4 is 20.1 Å². The summed E-state index contributed by atoms with van der Waals surface area (Å²) < 4.78 is 33.6. The van der Waals surface area contributed by atoms with Gasteiger partial charge in [-0.2, -0.15) is 0 Å². The molecule has 3 N–H and O–H groups in total. The molecule has 2 aromatic carbocycles. The van der Waals surface area contributed by atoms with Crippen LogP contribution in [0.3, 0.4) is 0 Å². The molecule has 0 aliphatic heterocycles. The zero-order chi connectivity index (χ0) is 22.1. The summed E-state index contributed by atoms with van der Waals surface area (Å²) in [6.45, 7) is 3.97.